The highest BCUT2D eigenvalue weighted by molar-refractivity contribution is 9.10. The first-order valence-corrected chi connectivity index (χ1v) is 9.02. The summed E-state index contributed by atoms with van der Waals surface area (Å²) in [7, 11) is 1.83. The molecule has 0 bridgehead atoms. The fraction of sp³-hybridized carbons (Fsp3) is 0.389. The Morgan fingerprint density at radius 1 is 1.19 bits per heavy atom. The molecule has 26 heavy (non-hydrogen) atoms. The molecule has 0 saturated carbocycles. The molecule has 7 nitrogen and oxygen atoms in total. The molecule has 1 aromatic heterocycles. The van der Waals surface area contributed by atoms with E-state index in [1.165, 1.54) is 0 Å². The number of carbonyl (C=O) groups excluding carboxylic acids is 2. The first-order chi connectivity index (χ1) is 12.2. The predicted molar refractivity (Wildman–Crippen MR) is 102 cm³/mol. The number of hydrogen-bond acceptors (Lipinski definition) is 4. The van der Waals surface area contributed by atoms with Crippen molar-refractivity contribution in [2.24, 2.45) is 7.05 Å². The normalized spacial score (nSPS) is 13.0. The lowest BCUT2D eigenvalue weighted by atomic mass is 9.98. The van der Waals surface area contributed by atoms with E-state index in [0.29, 0.717) is 5.75 Å². The molecule has 0 fully saturated rings. The van der Waals surface area contributed by atoms with Crippen LogP contribution in [-0.4, -0.2) is 27.7 Å². The SMILES string of the molecule is Cc1nn(C)c(C)c1[C@H](C)C(=O)NNC(=O)[C@@H](C)Oc1cccc(Br)c1. The minimum atomic E-state index is -0.762. The first kappa shape index (κ1) is 20.0. The molecule has 8 heteroatoms. The van der Waals surface area contributed by atoms with E-state index in [0.717, 1.165) is 21.4 Å². The molecular weight excluding hydrogens is 400 g/mol. The van der Waals surface area contributed by atoms with Gasteiger partial charge in [0.2, 0.25) is 5.91 Å². The van der Waals surface area contributed by atoms with Gasteiger partial charge in [-0.25, -0.2) is 0 Å². The Labute approximate surface area is 161 Å². The van der Waals surface area contributed by atoms with Crippen molar-refractivity contribution in [3.05, 3.63) is 45.7 Å². The third-order valence-electron chi connectivity index (χ3n) is 4.18. The topological polar surface area (TPSA) is 85.3 Å². The minimum absolute atomic E-state index is 0.313. The maximum Gasteiger partial charge on any atom is 0.279 e. The molecular formula is C18H23BrN4O3. The molecule has 0 aliphatic rings. The zero-order valence-corrected chi connectivity index (χ0v) is 17.0. The molecule has 140 valence electrons. The number of amides is 2. The van der Waals surface area contributed by atoms with Crippen LogP contribution in [0.4, 0.5) is 0 Å². The maximum absolute atomic E-state index is 12.4. The largest absolute Gasteiger partial charge is 0.481 e. The summed E-state index contributed by atoms with van der Waals surface area (Å²) in [6.07, 6.45) is -0.762. The van der Waals surface area contributed by atoms with Crippen molar-refractivity contribution in [3.63, 3.8) is 0 Å². The van der Waals surface area contributed by atoms with Crippen LogP contribution in [0.5, 0.6) is 5.75 Å². The number of carbonyl (C=O) groups is 2. The fourth-order valence-corrected chi connectivity index (χ4v) is 3.06. The van der Waals surface area contributed by atoms with Gasteiger partial charge in [-0.1, -0.05) is 22.0 Å². The Morgan fingerprint density at radius 3 is 2.42 bits per heavy atom. The Morgan fingerprint density at radius 2 is 1.85 bits per heavy atom. The van der Waals surface area contributed by atoms with Crippen LogP contribution in [0.25, 0.3) is 0 Å². The van der Waals surface area contributed by atoms with Crippen molar-refractivity contribution in [1.82, 2.24) is 20.6 Å². The monoisotopic (exact) mass is 422 g/mol. The smallest absolute Gasteiger partial charge is 0.279 e. The van der Waals surface area contributed by atoms with Crippen LogP contribution in [0.1, 0.15) is 36.7 Å². The predicted octanol–water partition coefficient (Wildman–Crippen LogP) is 2.52. The van der Waals surface area contributed by atoms with Crippen LogP contribution in [0.15, 0.2) is 28.7 Å². The van der Waals surface area contributed by atoms with Gasteiger partial charge in [0.1, 0.15) is 5.75 Å². The summed E-state index contributed by atoms with van der Waals surface area (Å²) in [6.45, 7) is 7.16. The second kappa shape index (κ2) is 8.35. The molecule has 2 aromatic rings. The zero-order chi connectivity index (χ0) is 19.4. The quantitative estimate of drug-likeness (QED) is 0.724. The lowest BCUT2D eigenvalue weighted by Gasteiger charge is -2.17. The maximum atomic E-state index is 12.4. The van der Waals surface area contributed by atoms with Crippen molar-refractivity contribution >= 4 is 27.7 Å². The van der Waals surface area contributed by atoms with Crippen LogP contribution < -0.4 is 15.6 Å². The molecule has 0 unspecified atom stereocenters. The summed E-state index contributed by atoms with van der Waals surface area (Å²) < 4.78 is 8.16. The van der Waals surface area contributed by atoms with Gasteiger partial charge in [0.15, 0.2) is 6.10 Å². The van der Waals surface area contributed by atoms with E-state index in [4.69, 9.17) is 4.74 Å². The third-order valence-corrected chi connectivity index (χ3v) is 4.67. The average Bonchev–Trinajstić information content (AvgIpc) is 2.83. The van der Waals surface area contributed by atoms with Crippen molar-refractivity contribution in [2.45, 2.75) is 39.7 Å². The second-order valence-electron chi connectivity index (χ2n) is 6.13. The number of rotatable bonds is 5. The summed E-state index contributed by atoms with van der Waals surface area (Å²) >= 11 is 3.35. The molecule has 0 aliphatic heterocycles. The zero-order valence-electron chi connectivity index (χ0n) is 15.5. The molecule has 0 aliphatic carbocycles. The Bertz CT molecular complexity index is 819. The van der Waals surface area contributed by atoms with Gasteiger partial charge in [0.05, 0.1) is 11.6 Å². The van der Waals surface area contributed by atoms with Gasteiger partial charge in [-0.15, -0.1) is 0 Å². The van der Waals surface area contributed by atoms with Gasteiger partial charge < -0.3 is 4.74 Å². The van der Waals surface area contributed by atoms with Crippen LogP contribution in [0, 0.1) is 13.8 Å². The summed E-state index contributed by atoms with van der Waals surface area (Å²) in [4.78, 5) is 24.5. The summed E-state index contributed by atoms with van der Waals surface area (Å²) in [5, 5.41) is 4.32. The number of nitrogens with zero attached hydrogens (tertiary/aromatic N) is 2. The Hall–Kier alpha value is -2.35. The third kappa shape index (κ3) is 4.63. The second-order valence-corrected chi connectivity index (χ2v) is 7.04. The van der Waals surface area contributed by atoms with Crippen LogP contribution in [-0.2, 0) is 16.6 Å². The van der Waals surface area contributed by atoms with Gasteiger partial charge in [-0.05, 0) is 45.9 Å². The van der Waals surface area contributed by atoms with Crippen LogP contribution in [0.3, 0.4) is 0 Å². The Kier molecular flexibility index (Phi) is 6.42. The molecule has 0 saturated heterocycles. The lowest BCUT2D eigenvalue weighted by Crippen LogP contribution is -2.48. The summed E-state index contributed by atoms with van der Waals surface area (Å²) in [5.74, 6) is -0.633. The molecule has 1 heterocycles. The molecule has 0 radical (unpaired) electrons. The summed E-state index contributed by atoms with van der Waals surface area (Å²) in [6, 6.07) is 7.19. The number of aryl methyl sites for hydroxylation is 2. The highest BCUT2D eigenvalue weighted by atomic mass is 79.9. The van der Waals surface area contributed by atoms with Gasteiger partial charge in [-0.3, -0.25) is 25.1 Å². The van der Waals surface area contributed by atoms with Crippen molar-refractivity contribution < 1.29 is 14.3 Å². The van der Waals surface area contributed by atoms with E-state index in [-0.39, 0.29) is 5.91 Å². The lowest BCUT2D eigenvalue weighted by molar-refractivity contribution is -0.133. The van der Waals surface area contributed by atoms with E-state index in [9.17, 15) is 9.59 Å². The summed E-state index contributed by atoms with van der Waals surface area (Å²) in [5.41, 5.74) is 7.44. The molecule has 2 N–H and O–H groups in total. The number of nitrogens with one attached hydrogen (secondary N) is 2. The van der Waals surface area contributed by atoms with Gasteiger partial charge >= 0.3 is 0 Å². The first-order valence-electron chi connectivity index (χ1n) is 8.22. The van der Waals surface area contributed by atoms with E-state index < -0.39 is 17.9 Å². The van der Waals surface area contributed by atoms with Gasteiger partial charge in [0.25, 0.3) is 5.91 Å². The molecule has 0 spiro atoms. The average molecular weight is 423 g/mol. The number of benzene rings is 1. The number of hydrazine groups is 1. The molecule has 1 aromatic carbocycles. The van der Waals surface area contributed by atoms with E-state index in [1.54, 1.807) is 30.7 Å². The number of aromatic nitrogens is 2. The van der Waals surface area contributed by atoms with Crippen LogP contribution in [0.2, 0.25) is 0 Å². The van der Waals surface area contributed by atoms with Gasteiger partial charge in [0, 0.05) is 22.8 Å². The standard InChI is InChI=1S/C18H23BrN4O3/c1-10(16-11(2)22-23(5)12(16)3)17(24)20-21-18(25)13(4)26-15-8-6-7-14(19)9-15/h6-10,13H,1-5H3,(H,20,24)(H,21,25)/t10-,13+/m0/s1. The van der Waals surface area contributed by atoms with E-state index in [2.05, 4.69) is 31.9 Å². The fourth-order valence-electron chi connectivity index (χ4n) is 2.68. The van der Waals surface area contributed by atoms with E-state index >= 15 is 0 Å². The van der Waals surface area contributed by atoms with Crippen molar-refractivity contribution in [3.8, 4) is 5.75 Å². The number of hydrogen-bond donors (Lipinski definition) is 2. The van der Waals surface area contributed by atoms with Crippen LogP contribution >= 0.6 is 15.9 Å². The van der Waals surface area contributed by atoms with Gasteiger partial charge in [-0.2, -0.15) is 5.10 Å². The number of ether oxygens (including phenoxy) is 1. The highest BCUT2D eigenvalue weighted by Crippen LogP contribution is 2.22. The van der Waals surface area contributed by atoms with Crippen molar-refractivity contribution in [2.75, 3.05) is 0 Å². The molecule has 2 rings (SSSR count). The number of halogens is 1. The highest BCUT2D eigenvalue weighted by Gasteiger charge is 2.23. The molecule has 2 amide bonds. The van der Waals surface area contributed by atoms with E-state index in [1.807, 2.05) is 33.0 Å². The van der Waals surface area contributed by atoms with Crippen molar-refractivity contribution in [1.29, 1.82) is 0 Å². The molecule has 2 atom stereocenters. The Balaban J connectivity index is 1.92. The minimum Gasteiger partial charge on any atom is -0.481 e.